The van der Waals surface area contributed by atoms with E-state index in [1.165, 1.54) is 24.1 Å². The number of carbonyl (C=O) groups excluding carboxylic acids is 3. The Bertz CT molecular complexity index is 947. The largest absolute Gasteiger partial charge is 0.493 e. The second-order valence-electron chi connectivity index (χ2n) is 6.94. The molecule has 1 aliphatic heterocycles. The number of benzene rings is 2. The third-order valence-electron chi connectivity index (χ3n) is 4.85. The van der Waals surface area contributed by atoms with Crippen molar-refractivity contribution >= 4 is 17.7 Å². The third kappa shape index (κ3) is 5.78. The Morgan fingerprint density at radius 3 is 2.29 bits per heavy atom. The molecule has 7 nitrogen and oxygen atoms in total. The number of hydrogen-bond acceptors (Lipinski definition) is 5. The number of ether oxygens (including phenoxy) is 2. The van der Waals surface area contributed by atoms with Crippen LogP contribution in [0.15, 0.2) is 42.5 Å². The summed E-state index contributed by atoms with van der Waals surface area (Å²) in [5.74, 6) is -0.533. The maximum Gasteiger partial charge on any atom is 0.387 e. The number of amides is 3. The van der Waals surface area contributed by atoms with Gasteiger partial charge in [0, 0.05) is 24.9 Å². The SMILES string of the molecule is COc1ccc(CCNC(=O)c2ccc(CN3C(=O)CCC3=O)cc2)cc1OC(F)F. The van der Waals surface area contributed by atoms with Crippen LogP contribution in [0.3, 0.4) is 0 Å². The van der Waals surface area contributed by atoms with Crippen LogP contribution in [0.4, 0.5) is 8.78 Å². The van der Waals surface area contributed by atoms with Gasteiger partial charge in [-0.15, -0.1) is 0 Å². The van der Waals surface area contributed by atoms with E-state index in [9.17, 15) is 23.2 Å². The number of halogens is 2. The van der Waals surface area contributed by atoms with Crippen molar-refractivity contribution in [3.8, 4) is 11.5 Å². The van der Waals surface area contributed by atoms with Gasteiger partial charge in [0.25, 0.3) is 5.91 Å². The molecule has 0 atom stereocenters. The first-order valence-corrected chi connectivity index (χ1v) is 9.69. The highest BCUT2D eigenvalue weighted by atomic mass is 19.3. The van der Waals surface area contributed by atoms with Crippen molar-refractivity contribution in [2.24, 2.45) is 0 Å². The Labute approximate surface area is 177 Å². The van der Waals surface area contributed by atoms with E-state index < -0.39 is 6.61 Å². The lowest BCUT2D eigenvalue weighted by atomic mass is 10.1. The lowest BCUT2D eigenvalue weighted by Gasteiger charge is -2.14. The number of rotatable bonds is 9. The fourth-order valence-electron chi connectivity index (χ4n) is 3.23. The maximum absolute atomic E-state index is 12.5. The highest BCUT2D eigenvalue weighted by molar-refractivity contribution is 6.01. The van der Waals surface area contributed by atoms with E-state index in [2.05, 4.69) is 10.1 Å². The van der Waals surface area contributed by atoms with E-state index in [1.54, 1.807) is 30.3 Å². The Hall–Kier alpha value is -3.49. The summed E-state index contributed by atoms with van der Waals surface area (Å²) >= 11 is 0. The molecule has 0 unspecified atom stereocenters. The molecule has 0 radical (unpaired) electrons. The fraction of sp³-hybridized carbons (Fsp3) is 0.318. The Morgan fingerprint density at radius 2 is 1.68 bits per heavy atom. The van der Waals surface area contributed by atoms with Crippen LogP contribution in [0.5, 0.6) is 11.5 Å². The van der Waals surface area contributed by atoms with Crippen molar-refractivity contribution in [1.29, 1.82) is 0 Å². The maximum atomic E-state index is 12.5. The van der Waals surface area contributed by atoms with Gasteiger partial charge in [-0.1, -0.05) is 18.2 Å². The Kier molecular flexibility index (Phi) is 7.17. The van der Waals surface area contributed by atoms with Crippen LogP contribution in [0.1, 0.15) is 34.3 Å². The molecule has 0 spiro atoms. The van der Waals surface area contributed by atoms with Gasteiger partial charge < -0.3 is 14.8 Å². The number of hydrogen-bond donors (Lipinski definition) is 1. The van der Waals surface area contributed by atoms with E-state index in [0.717, 1.165) is 5.56 Å². The second kappa shape index (κ2) is 10.0. The third-order valence-corrected chi connectivity index (χ3v) is 4.85. The summed E-state index contributed by atoms with van der Waals surface area (Å²) in [4.78, 5) is 36.9. The predicted octanol–water partition coefficient (Wildman–Crippen LogP) is 2.92. The Morgan fingerprint density at radius 1 is 1.03 bits per heavy atom. The van der Waals surface area contributed by atoms with E-state index >= 15 is 0 Å². The molecule has 3 rings (SSSR count). The molecule has 1 saturated heterocycles. The summed E-state index contributed by atoms with van der Waals surface area (Å²) in [5.41, 5.74) is 1.89. The number of methoxy groups -OCH3 is 1. The molecule has 0 aromatic heterocycles. The molecule has 3 amide bonds. The molecule has 1 fully saturated rings. The minimum atomic E-state index is -2.96. The van der Waals surface area contributed by atoms with Gasteiger partial charge in [-0.3, -0.25) is 19.3 Å². The monoisotopic (exact) mass is 432 g/mol. The van der Waals surface area contributed by atoms with Gasteiger partial charge in [0.1, 0.15) is 0 Å². The summed E-state index contributed by atoms with van der Waals surface area (Å²) in [6.45, 7) is -2.48. The smallest absolute Gasteiger partial charge is 0.387 e. The van der Waals surface area contributed by atoms with Gasteiger partial charge in [-0.25, -0.2) is 0 Å². The van der Waals surface area contributed by atoms with Gasteiger partial charge in [0.05, 0.1) is 13.7 Å². The topological polar surface area (TPSA) is 84.9 Å². The van der Waals surface area contributed by atoms with E-state index in [-0.39, 0.29) is 55.2 Å². The van der Waals surface area contributed by atoms with Crippen molar-refractivity contribution in [3.63, 3.8) is 0 Å². The van der Waals surface area contributed by atoms with E-state index in [0.29, 0.717) is 17.5 Å². The van der Waals surface area contributed by atoms with Gasteiger partial charge >= 0.3 is 6.61 Å². The van der Waals surface area contributed by atoms with Crippen molar-refractivity contribution in [2.45, 2.75) is 32.4 Å². The van der Waals surface area contributed by atoms with Crippen LogP contribution in [0.2, 0.25) is 0 Å². The van der Waals surface area contributed by atoms with Crippen molar-refractivity contribution in [2.75, 3.05) is 13.7 Å². The number of nitrogens with one attached hydrogen (secondary N) is 1. The molecular formula is C22H22F2N2O5. The summed E-state index contributed by atoms with van der Waals surface area (Å²) < 4.78 is 34.5. The summed E-state index contributed by atoms with van der Waals surface area (Å²) in [5, 5.41) is 2.77. The number of nitrogens with zero attached hydrogens (tertiary/aromatic N) is 1. The molecule has 2 aromatic carbocycles. The molecule has 0 bridgehead atoms. The summed E-state index contributed by atoms with van der Waals surface area (Å²) in [6.07, 6.45) is 0.888. The fourth-order valence-corrected chi connectivity index (χ4v) is 3.23. The molecule has 2 aromatic rings. The van der Waals surface area contributed by atoms with Crippen LogP contribution in [-0.4, -0.2) is 42.9 Å². The van der Waals surface area contributed by atoms with Crippen molar-refractivity contribution in [3.05, 3.63) is 59.2 Å². The zero-order chi connectivity index (χ0) is 22.4. The zero-order valence-electron chi connectivity index (χ0n) is 16.9. The molecule has 31 heavy (non-hydrogen) atoms. The standard InChI is InChI=1S/C22H22F2N2O5/c1-30-17-7-4-14(12-18(17)31-22(23)24)10-11-25-21(29)16-5-2-15(3-6-16)13-26-19(27)8-9-20(26)28/h2-7,12,22H,8-11,13H2,1H3,(H,25,29). The molecular weight excluding hydrogens is 410 g/mol. The first-order chi connectivity index (χ1) is 14.9. The molecule has 1 aliphatic rings. The molecule has 0 saturated carbocycles. The van der Waals surface area contributed by atoms with Gasteiger partial charge in [0.15, 0.2) is 11.5 Å². The average Bonchev–Trinajstić information content (AvgIpc) is 3.06. The predicted molar refractivity (Wildman–Crippen MR) is 107 cm³/mol. The summed E-state index contributed by atoms with van der Waals surface area (Å²) in [6, 6.07) is 11.3. The first kappa shape index (κ1) is 22.2. The van der Waals surface area contributed by atoms with Crippen LogP contribution < -0.4 is 14.8 Å². The van der Waals surface area contributed by atoms with Crippen LogP contribution in [0, 0.1) is 0 Å². The minimum Gasteiger partial charge on any atom is -0.493 e. The summed E-state index contributed by atoms with van der Waals surface area (Å²) in [7, 11) is 1.36. The Balaban J connectivity index is 1.53. The molecule has 0 aliphatic carbocycles. The normalized spacial score (nSPS) is 13.6. The number of alkyl halides is 2. The zero-order valence-corrected chi connectivity index (χ0v) is 16.9. The van der Waals surface area contributed by atoms with Gasteiger partial charge in [0.2, 0.25) is 11.8 Å². The quantitative estimate of drug-likeness (QED) is 0.616. The van der Waals surface area contributed by atoms with Crippen LogP contribution in [0.25, 0.3) is 0 Å². The van der Waals surface area contributed by atoms with Crippen LogP contribution >= 0.6 is 0 Å². The van der Waals surface area contributed by atoms with E-state index in [4.69, 9.17) is 4.74 Å². The number of imide groups is 1. The molecule has 1 heterocycles. The first-order valence-electron chi connectivity index (χ1n) is 9.69. The molecule has 9 heteroatoms. The lowest BCUT2D eigenvalue weighted by molar-refractivity contribution is -0.139. The molecule has 1 N–H and O–H groups in total. The highest BCUT2D eigenvalue weighted by Crippen LogP contribution is 2.29. The second-order valence-corrected chi connectivity index (χ2v) is 6.94. The lowest BCUT2D eigenvalue weighted by Crippen LogP contribution is -2.28. The average molecular weight is 432 g/mol. The van der Waals surface area contributed by atoms with Gasteiger partial charge in [-0.05, 0) is 41.8 Å². The van der Waals surface area contributed by atoms with Gasteiger partial charge in [-0.2, -0.15) is 8.78 Å². The van der Waals surface area contributed by atoms with Crippen molar-refractivity contribution < 1.29 is 32.6 Å². The number of carbonyl (C=O) groups is 3. The van der Waals surface area contributed by atoms with E-state index in [1.807, 2.05) is 0 Å². The van der Waals surface area contributed by atoms with Crippen molar-refractivity contribution in [1.82, 2.24) is 10.2 Å². The number of likely N-dealkylation sites (tertiary alicyclic amines) is 1. The highest BCUT2D eigenvalue weighted by Gasteiger charge is 2.28. The van der Waals surface area contributed by atoms with Crippen LogP contribution in [-0.2, 0) is 22.6 Å². The minimum absolute atomic E-state index is 0.0631. The molecule has 164 valence electrons.